The predicted molar refractivity (Wildman–Crippen MR) is 74.5 cm³/mol. The zero-order valence-electron chi connectivity index (χ0n) is 12.0. The first-order valence-electron chi connectivity index (χ1n) is 6.98. The molecule has 1 aliphatic heterocycles. The minimum atomic E-state index is -2.69. The van der Waals surface area contributed by atoms with E-state index < -0.39 is 18.2 Å². The normalized spacial score (nSPS) is 15.1. The van der Waals surface area contributed by atoms with Gasteiger partial charge in [0.1, 0.15) is 17.9 Å². The van der Waals surface area contributed by atoms with Crippen LogP contribution >= 0.6 is 0 Å². The Bertz CT molecular complexity index is 717. The van der Waals surface area contributed by atoms with Gasteiger partial charge in [-0.1, -0.05) is 17.3 Å². The quantitative estimate of drug-likeness (QED) is 0.932. The van der Waals surface area contributed by atoms with Gasteiger partial charge in [-0.25, -0.2) is 13.6 Å². The van der Waals surface area contributed by atoms with Crippen molar-refractivity contribution in [2.75, 3.05) is 13.2 Å². The van der Waals surface area contributed by atoms with Crippen molar-refractivity contribution in [3.8, 4) is 5.75 Å². The van der Waals surface area contributed by atoms with E-state index in [0.717, 1.165) is 5.56 Å². The minimum Gasteiger partial charge on any atom is -0.491 e. The van der Waals surface area contributed by atoms with E-state index in [-0.39, 0.29) is 5.56 Å². The summed E-state index contributed by atoms with van der Waals surface area (Å²) in [6.45, 7) is 1.57. The second kappa shape index (κ2) is 6.33. The Balaban J connectivity index is 1.78. The summed E-state index contributed by atoms with van der Waals surface area (Å²) in [5, 5.41) is 12.8. The highest BCUT2D eigenvalue weighted by atomic mass is 19.3. The Kier molecular flexibility index (Phi) is 4.24. The predicted octanol–water partition coefficient (Wildman–Crippen LogP) is 2.71. The molecule has 0 atom stereocenters. The van der Waals surface area contributed by atoms with Crippen molar-refractivity contribution in [2.45, 2.75) is 19.5 Å². The van der Waals surface area contributed by atoms with Gasteiger partial charge in [0.05, 0.1) is 5.69 Å². The molecule has 0 unspecified atom stereocenters. The van der Waals surface area contributed by atoms with Crippen LogP contribution in [-0.2, 0) is 13.1 Å². The van der Waals surface area contributed by atoms with Crippen LogP contribution in [0, 0.1) is 0 Å². The van der Waals surface area contributed by atoms with Gasteiger partial charge in [-0.2, -0.15) is 0 Å². The number of alkyl halides is 2. The number of hydrogen-bond donors (Lipinski definition) is 1. The molecule has 23 heavy (non-hydrogen) atoms. The van der Waals surface area contributed by atoms with Gasteiger partial charge >= 0.3 is 5.97 Å². The third-order valence-corrected chi connectivity index (χ3v) is 3.55. The SMILES string of the molecule is O=C(O)c1cccc2c1OCCN(Cc1cc(C(F)F)on1)C2. The number of para-hydroxylation sites is 1. The Morgan fingerprint density at radius 1 is 1.43 bits per heavy atom. The third kappa shape index (κ3) is 3.31. The Morgan fingerprint density at radius 3 is 2.96 bits per heavy atom. The number of rotatable bonds is 4. The van der Waals surface area contributed by atoms with E-state index in [1.165, 1.54) is 12.1 Å². The zero-order chi connectivity index (χ0) is 16.4. The topological polar surface area (TPSA) is 75.8 Å². The van der Waals surface area contributed by atoms with Crippen LogP contribution in [-0.4, -0.2) is 34.3 Å². The maximum Gasteiger partial charge on any atom is 0.339 e. The van der Waals surface area contributed by atoms with E-state index in [9.17, 15) is 18.7 Å². The van der Waals surface area contributed by atoms with E-state index in [2.05, 4.69) is 9.68 Å². The zero-order valence-corrected chi connectivity index (χ0v) is 12.0. The summed E-state index contributed by atoms with van der Waals surface area (Å²) >= 11 is 0. The highest BCUT2D eigenvalue weighted by Crippen LogP contribution is 2.28. The third-order valence-electron chi connectivity index (χ3n) is 3.55. The molecule has 0 saturated heterocycles. The number of ether oxygens (including phenoxy) is 1. The van der Waals surface area contributed by atoms with E-state index in [1.807, 2.05) is 4.90 Å². The van der Waals surface area contributed by atoms with Gasteiger partial charge in [0.2, 0.25) is 5.76 Å². The second-order valence-electron chi connectivity index (χ2n) is 5.18. The van der Waals surface area contributed by atoms with Crippen LogP contribution in [0.15, 0.2) is 28.8 Å². The standard InChI is InChI=1S/C15H14F2N2O4/c16-14(17)12-6-10(18-23-12)8-19-4-5-22-13-9(7-19)2-1-3-11(13)15(20)21/h1-3,6,14H,4-5,7-8H2,(H,20,21). The molecule has 0 amide bonds. The van der Waals surface area contributed by atoms with Crippen LogP contribution in [0.5, 0.6) is 5.75 Å². The monoisotopic (exact) mass is 324 g/mol. The van der Waals surface area contributed by atoms with Gasteiger partial charge in [0.25, 0.3) is 6.43 Å². The van der Waals surface area contributed by atoms with Crippen molar-refractivity contribution < 1.29 is 27.9 Å². The average Bonchev–Trinajstić information content (AvgIpc) is 2.87. The van der Waals surface area contributed by atoms with Gasteiger partial charge in [-0.15, -0.1) is 0 Å². The molecule has 8 heteroatoms. The number of carboxylic acids is 1. The summed E-state index contributed by atoms with van der Waals surface area (Å²) in [5.41, 5.74) is 1.25. The smallest absolute Gasteiger partial charge is 0.339 e. The maximum absolute atomic E-state index is 12.5. The molecule has 2 heterocycles. The van der Waals surface area contributed by atoms with E-state index in [1.54, 1.807) is 12.1 Å². The molecule has 122 valence electrons. The number of carbonyl (C=O) groups is 1. The summed E-state index contributed by atoms with van der Waals surface area (Å²) in [6.07, 6.45) is -2.69. The Hall–Kier alpha value is -2.48. The minimum absolute atomic E-state index is 0.116. The summed E-state index contributed by atoms with van der Waals surface area (Å²) in [6, 6.07) is 6.15. The molecular formula is C15H14F2N2O4. The number of carboxylic acid groups (broad SMARTS) is 1. The Labute approximate surface area is 130 Å². The first-order chi connectivity index (χ1) is 11.0. The van der Waals surface area contributed by atoms with Gasteiger partial charge in [-0.3, -0.25) is 4.90 Å². The molecule has 0 saturated carbocycles. The molecule has 1 aromatic carbocycles. The van der Waals surface area contributed by atoms with Crippen molar-refractivity contribution in [1.82, 2.24) is 10.1 Å². The van der Waals surface area contributed by atoms with Crippen LogP contribution in [0.4, 0.5) is 8.78 Å². The fourth-order valence-electron chi connectivity index (χ4n) is 2.51. The first-order valence-corrected chi connectivity index (χ1v) is 6.98. The largest absolute Gasteiger partial charge is 0.491 e. The van der Waals surface area contributed by atoms with Crippen molar-refractivity contribution in [2.24, 2.45) is 0 Å². The number of aromatic carboxylic acids is 1. The summed E-state index contributed by atoms with van der Waals surface area (Å²) in [7, 11) is 0. The highest BCUT2D eigenvalue weighted by molar-refractivity contribution is 5.91. The molecule has 0 aliphatic carbocycles. The molecule has 0 radical (unpaired) electrons. The number of aromatic nitrogens is 1. The van der Waals surface area contributed by atoms with E-state index in [0.29, 0.717) is 37.7 Å². The number of halogens is 2. The van der Waals surface area contributed by atoms with Crippen LogP contribution in [0.3, 0.4) is 0 Å². The molecule has 0 bridgehead atoms. The van der Waals surface area contributed by atoms with Gasteiger partial charge in [0, 0.05) is 31.3 Å². The second-order valence-corrected chi connectivity index (χ2v) is 5.18. The van der Waals surface area contributed by atoms with Crippen LogP contribution in [0.25, 0.3) is 0 Å². The van der Waals surface area contributed by atoms with Crippen LogP contribution < -0.4 is 4.74 Å². The van der Waals surface area contributed by atoms with Gasteiger partial charge in [-0.05, 0) is 6.07 Å². The average molecular weight is 324 g/mol. The lowest BCUT2D eigenvalue weighted by atomic mass is 10.1. The molecule has 6 nitrogen and oxygen atoms in total. The fourth-order valence-corrected chi connectivity index (χ4v) is 2.51. The lowest BCUT2D eigenvalue weighted by Gasteiger charge is -2.17. The number of nitrogens with zero attached hydrogens (tertiary/aromatic N) is 2. The van der Waals surface area contributed by atoms with Crippen molar-refractivity contribution >= 4 is 5.97 Å². The molecule has 1 N–H and O–H groups in total. The summed E-state index contributed by atoms with van der Waals surface area (Å²) in [5.74, 6) is -1.15. The van der Waals surface area contributed by atoms with Crippen LogP contribution in [0.2, 0.25) is 0 Å². The molecule has 1 aliphatic rings. The Morgan fingerprint density at radius 2 is 2.26 bits per heavy atom. The van der Waals surface area contributed by atoms with Gasteiger partial charge < -0.3 is 14.4 Å². The highest BCUT2D eigenvalue weighted by Gasteiger charge is 2.22. The van der Waals surface area contributed by atoms with Crippen molar-refractivity contribution in [3.05, 3.63) is 46.8 Å². The number of hydrogen-bond acceptors (Lipinski definition) is 5. The molecular weight excluding hydrogens is 310 g/mol. The van der Waals surface area contributed by atoms with Crippen molar-refractivity contribution in [1.29, 1.82) is 0 Å². The molecule has 0 spiro atoms. The fraction of sp³-hybridized carbons (Fsp3) is 0.333. The van der Waals surface area contributed by atoms with E-state index in [4.69, 9.17) is 4.74 Å². The lowest BCUT2D eigenvalue weighted by Crippen LogP contribution is -2.25. The van der Waals surface area contributed by atoms with Gasteiger partial charge in [0.15, 0.2) is 0 Å². The molecule has 1 aromatic heterocycles. The lowest BCUT2D eigenvalue weighted by molar-refractivity contribution is 0.0692. The molecule has 0 fully saturated rings. The first kappa shape index (κ1) is 15.4. The molecule has 2 aromatic rings. The van der Waals surface area contributed by atoms with Crippen molar-refractivity contribution in [3.63, 3.8) is 0 Å². The van der Waals surface area contributed by atoms with Crippen LogP contribution in [0.1, 0.15) is 33.8 Å². The maximum atomic E-state index is 12.5. The number of fused-ring (bicyclic) bond motifs is 1. The molecule has 3 rings (SSSR count). The number of benzene rings is 1. The summed E-state index contributed by atoms with van der Waals surface area (Å²) in [4.78, 5) is 13.2. The van der Waals surface area contributed by atoms with E-state index >= 15 is 0 Å². The summed E-state index contributed by atoms with van der Waals surface area (Å²) < 4.78 is 35.2.